The molecule has 3 fully saturated rings. The summed E-state index contributed by atoms with van der Waals surface area (Å²) in [6.07, 6.45) is 9.24. The van der Waals surface area contributed by atoms with Crippen LogP contribution in [0.5, 0.6) is 0 Å². The summed E-state index contributed by atoms with van der Waals surface area (Å²) in [5.41, 5.74) is 0.274. The van der Waals surface area contributed by atoms with Crippen LogP contribution in [0, 0.1) is 0 Å². The highest BCUT2D eigenvalue weighted by Gasteiger charge is 2.39. The molecule has 3 heterocycles. The van der Waals surface area contributed by atoms with E-state index >= 15 is 0 Å². The maximum absolute atomic E-state index is 5.13. The molecular formula is C20H40IN5S. The van der Waals surface area contributed by atoms with E-state index in [1.165, 1.54) is 82.6 Å². The van der Waals surface area contributed by atoms with Gasteiger partial charge in [-0.1, -0.05) is 6.42 Å². The van der Waals surface area contributed by atoms with Crippen LogP contribution in [0.4, 0.5) is 0 Å². The Morgan fingerprint density at radius 2 is 1.85 bits per heavy atom. The fourth-order valence-corrected chi connectivity index (χ4v) is 5.64. The molecule has 0 saturated carbocycles. The van der Waals surface area contributed by atoms with Crippen LogP contribution in [0.3, 0.4) is 0 Å². The van der Waals surface area contributed by atoms with Crippen molar-refractivity contribution in [2.24, 2.45) is 4.99 Å². The lowest BCUT2D eigenvalue weighted by Gasteiger charge is -2.49. The van der Waals surface area contributed by atoms with E-state index in [-0.39, 0.29) is 29.5 Å². The molecule has 3 aliphatic rings. The zero-order valence-electron chi connectivity index (χ0n) is 17.3. The molecule has 0 aromatic carbocycles. The molecular weight excluding hydrogens is 469 g/mol. The molecule has 0 amide bonds. The number of rotatable bonds is 5. The number of hydrogen-bond donors (Lipinski definition) is 2. The summed E-state index contributed by atoms with van der Waals surface area (Å²) in [7, 11) is 2.26. The average Bonchev–Trinajstić information content (AvgIpc) is 2.69. The van der Waals surface area contributed by atoms with Crippen molar-refractivity contribution in [3.8, 4) is 0 Å². The SMILES string of the molecule is CCNC(=NCC1(N2CCCCC2)CCN(C)CC1)NC1CCCSC1.I. The van der Waals surface area contributed by atoms with Gasteiger partial charge in [0.05, 0.1) is 6.54 Å². The predicted octanol–water partition coefficient (Wildman–Crippen LogP) is 3.01. The van der Waals surface area contributed by atoms with E-state index in [1.807, 2.05) is 0 Å². The van der Waals surface area contributed by atoms with Crippen molar-refractivity contribution < 1.29 is 0 Å². The fourth-order valence-electron chi connectivity index (χ4n) is 4.57. The molecule has 1 unspecified atom stereocenters. The second-order valence-electron chi connectivity index (χ2n) is 8.33. The number of piperidine rings is 2. The molecule has 0 bridgehead atoms. The quantitative estimate of drug-likeness (QED) is 0.339. The zero-order valence-corrected chi connectivity index (χ0v) is 20.5. The lowest BCUT2D eigenvalue weighted by Crippen LogP contribution is -2.58. The highest BCUT2D eigenvalue weighted by Crippen LogP contribution is 2.31. The average molecular weight is 510 g/mol. The van der Waals surface area contributed by atoms with Gasteiger partial charge < -0.3 is 15.5 Å². The van der Waals surface area contributed by atoms with Crippen molar-refractivity contribution in [1.29, 1.82) is 0 Å². The molecule has 3 saturated heterocycles. The minimum atomic E-state index is 0. The second kappa shape index (κ2) is 12.1. The molecule has 1 atom stereocenters. The lowest BCUT2D eigenvalue weighted by atomic mass is 9.84. The molecule has 0 aromatic heterocycles. The Bertz CT molecular complexity index is 442. The van der Waals surface area contributed by atoms with Gasteiger partial charge in [0, 0.05) is 23.9 Å². The molecule has 7 heteroatoms. The van der Waals surface area contributed by atoms with Crippen LogP contribution in [0.1, 0.15) is 51.9 Å². The highest BCUT2D eigenvalue weighted by atomic mass is 127. The third-order valence-corrected chi connectivity index (χ3v) is 7.54. The highest BCUT2D eigenvalue weighted by molar-refractivity contribution is 14.0. The summed E-state index contributed by atoms with van der Waals surface area (Å²) in [4.78, 5) is 10.4. The summed E-state index contributed by atoms with van der Waals surface area (Å²) in [6.45, 7) is 8.99. The van der Waals surface area contributed by atoms with Crippen molar-refractivity contribution in [3.05, 3.63) is 0 Å². The number of guanidine groups is 1. The zero-order chi connectivity index (χ0) is 18.2. The van der Waals surface area contributed by atoms with E-state index < -0.39 is 0 Å². The lowest BCUT2D eigenvalue weighted by molar-refractivity contribution is 0.0208. The molecule has 2 N–H and O–H groups in total. The molecule has 0 spiro atoms. The number of aliphatic imine (C=N–C) groups is 1. The van der Waals surface area contributed by atoms with Crippen molar-refractivity contribution >= 4 is 41.7 Å². The fraction of sp³-hybridized carbons (Fsp3) is 0.950. The van der Waals surface area contributed by atoms with Gasteiger partial charge in [0.2, 0.25) is 0 Å². The van der Waals surface area contributed by atoms with E-state index in [0.717, 1.165) is 19.0 Å². The Labute approximate surface area is 187 Å². The van der Waals surface area contributed by atoms with Crippen molar-refractivity contribution in [2.45, 2.75) is 63.5 Å². The van der Waals surface area contributed by atoms with Crippen LogP contribution in [0.15, 0.2) is 4.99 Å². The summed E-state index contributed by atoms with van der Waals surface area (Å²) in [5, 5.41) is 7.21. The minimum absolute atomic E-state index is 0. The van der Waals surface area contributed by atoms with Gasteiger partial charge in [-0.15, -0.1) is 24.0 Å². The molecule has 3 aliphatic heterocycles. The number of nitrogens with one attached hydrogen (secondary N) is 2. The van der Waals surface area contributed by atoms with Crippen LogP contribution >= 0.6 is 35.7 Å². The van der Waals surface area contributed by atoms with Gasteiger partial charge in [-0.25, -0.2) is 0 Å². The molecule has 27 heavy (non-hydrogen) atoms. The van der Waals surface area contributed by atoms with E-state index in [2.05, 4.69) is 46.2 Å². The van der Waals surface area contributed by atoms with E-state index in [0.29, 0.717) is 6.04 Å². The van der Waals surface area contributed by atoms with Gasteiger partial charge >= 0.3 is 0 Å². The van der Waals surface area contributed by atoms with Crippen LogP contribution in [-0.4, -0.2) is 85.2 Å². The van der Waals surface area contributed by atoms with E-state index in [1.54, 1.807) is 0 Å². The number of likely N-dealkylation sites (tertiary alicyclic amines) is 2. The van der Waals surface area contributed by atoms with Gasteiger partial charge in [0.15, 0.2) is 5.96 Å². The molecule has 0 aromatic rings. The van der Waals surface area contributed by atoms with Crippen molar-refractivity contribution in [3.63, 3.8) is 0 Å². The smallest absolute Gasteiger partial charge is 0.191 e. The number of halogens is 1. The van der Waals surface area contributed by atoms with E-state index in [9.17, 15) is 0 Å². The molecule has 0 radical (unpaired) electrons. The van der Waals surface area contributed by atoms with Gasteiger partial charge in [0.25, 0.3) is 0 Å². The summed E-state index contributed by atoms with van der Waals surface area (Å²) >= 11 is 2.07. The second-order valence-corrected chi connectivity index (χ2v) is 9.48. The maximum Gasteiger partial charge on any atom is 0.191 e. The Morgan fingerprint density at radius 3 is 2.48 bits per heavy atom. The van der Waals surface area contributed by atoms with Crippen LogP contribution < -0.4 is 10.6 Å². The van der Waals surface area contributed by atoms with Gasteiger partial charge in [-0.2, -0.15) is 11.8 Å². The van der Waals surface area contributed by atoms with Crippen molar-refractivity contribution in [1.82, 2.24) is 20.4 Å². The van der Waals surface area contributed by atoms with Crippen LogP contribution in [0.2, 0.25) is 0 Å². The van der Waals surface area contributed by atoms with Crippen molar-refractivity contribution in [2.75, 3.05) is 57.8 Å². The third kappa shape index (κ3) is 6.93. The summed E-state index contributed by atoms with van der Waals surface area (Å²) in [5.74, 6) is 3.57. The first kappa shape index (κ1) is 23.5. The third-order valence-electron chi connectivity index (χ3n) is 6.32. The molecule has 0 aliphatic carbocycles. The first-order valence-electron chi connectivity index (χ1n) is 10.8. The number of nitrogens with zero attached hydrogens (tertiary/aromatic N) is 3. The Morgan fingerprint density at radius 1 is 1.11 bits per heavy atom. The van der Waals surface area contributed by atoms with Crippen LogP contribution in [-0.2, 0) is 0 Å². The standard InChI is InChI=1S/C20H39N5S.HI/c1-3-21-19(23-18-8-7-15-26-16-18)22-17-20(9-13-24(2)14-10-20)25-11-5-4-6-12-25;/h18H,3-17H2,1-2H3,(H2,21,22,23);1H. The van der Waals surface area contributed by atoms with Gasteiger partial charge in [-0.05, 0) is 84.4 Å². The Balaban J connectivity index is 0.00000261. The first-order valence-corrected chi connectivity index (χ1v) is 11.9. The predicted molar refractivity (Wildman–Crippen MR) is 130 cm³/mol. The number of thioether (sulfide) groups is 1. The van der Waals surface area contributed by atoms with Gasteiger partial charge in [0.1, 0.15) is 0 Å². The van der Waals surface area contributed by atoms with E-state index in [4.69, 9.17) is 4.99 Å². The minimum Gasteiger partial charge on any atom is -0.357 e. The normalized spacial score (nSPS) is 27.6. The topological polar surface area (TPSA) is 42.9 Å². The largest absolute Gasteiger partial charge is 0.357 e. The summed E-state index contributed by atoms with van der Waals surface area (Å²) in [6, 6.07) is 0.579. The summed E-state index contributed by atoms with van der Waals surface area (Å²) < 4.78 is 0. The Hall–Kier alpha value is 0.270. The maximum atomic E-state index is 5.13. The molecule has 3 rings (SSSR count). The van der Waals surface area contributed by atoms with Gasteiger partial charge in [-0.3, -0.25) is 9.89 Å². The molecule has 5 nitrogen and oxygen atoms in total. The Kier molecular flexibility index (Phi) is 10.5. The number of hydrogen-bond acceptors (Lipinski definition) is 4. The first-order chi connectivity index (χ1) is 12.7. The molecule has 158 valence electrons. The van der Waals surface area contributed by atoms with Crippen LogP contribution in [0.25, 0.3) is 0 Å². The monoisotopic (exact) mass is 509 g/mol.